The number of rotatable bonds is 8. The van der Waals surface area contributed by atoms with Crippen LogP contribution >= 0.6 is 24.2 Å². The Labute approximate surface area is 138 Å². The lowest BCUT2D eigenvalue weighted by molar-refractivity contribution is -0.118. The third kappa shape index (κ3) is 6.29. The summed E-state index contributed by atoms with van der Waals surface area (Å²) in [5.74, 6) is 0.626. The molecule has 2 rings (SSSR count). The molecule has 3 nitrogen and oxygen atoms in total. The van der Waals surface area contributed by atoms with Gasteiger partial charge in [-0.15, -0.1) is 24.2 Å². The first-order valence-electron chi connectivity index (χ1n) is 7.51. The van der Waals surface area contributed by atoms with E-state index < -0.39 is 0 Å². The van der Waals surface area contributed by atoms with E-state index >= 15 is 0 Å². The molecule has 2 N–H and O–H groups in total. The highest BCUT2D eigenvalue weighted by Gasteiger charge is 2.11. The van der Waals surface area contributed by atoms with Crippen LogP contribution in [0.1, 0.15) is 30.9 Å². The summed E-state index contributed by atoms with van der Waals surface area (Å²) in [4.78, 5) is 12.9. The molecule has 1 aliphatic rings. The second kappa shape index (κ2) is 10.1. The van der Waals surface area contributed by atoms with Crippen LogP contribution in [0.5, 0.6) is 0 Å². The first-order chi connectivity index (χ1) is 9.79. The topological polar surface area (TPSA) is 41.1 Å². The molecule has 0 saturated heterocycles. The van der Waals surface area contributed by atoms with Gasteiger partial charge < -0.3 is 10.6 Å². The summed E-state index contributed by atoms with van der Waals surface area (Å²) >= 11 is 1.63. The quantitative estimate of drug-likeness (QED) is 0.569. The number of amides is 1. The molecular formula is C16H25ClN2OS. The van der Waals surface area contributed by atoms with Crippen LogP contribution in [-0.2, 0) is 17.6 Å². The van der Waals surface area contributed by atoms with Crippen molar-refractivity contribution in [3.8, 4) is 0 Å². The summed E-state index contributed by atoms with van der Waals surface area (Å²) in [6, 6.07) is 6.62. The molecule has 0 unspecified atom stereocenters. The summed E-state index contributed by atoms with van der Waals surface area (Å²) in [5.41, 5.74) is 2.96. The van der Waals surface area contributed by atoms with Crippen LogP contribution in [0.2, 0.25) is 0 Å². The maximum absolute atomic E-state index is 11.7. The van der Waals surface area contributed by atoms with E-state index in [1.807, 2.05) is 0 Å². The maximum atomic E-state index is 11.7. The molecule has 1 aromatic carbocycles. The monoisotopic (exact) mass is 328 g/mol. The van der Waals surface area contributed by atoms with E-state index in [2.05, 4.69) is 35.8 Å². The molecule has 0 heterocycles. The van der Waals surface area contributed by atoms with E-state index in [9.17, 15) is 4.79 Å². The van der Waals surface area contributed by atoms with Crippen LogP contribution in [0, 0.1) is 0 Å². The number of carbonyl (C=O) groups is 1. The fourth-order valence-electron chi connectivity index (χ4n) is 2.43. The largest absolute Gasteiger partial charge is 0.354 e. The van der Waals surface area contributed by atoms with Crippen molar-refractivity contribution in [3.05, 3.63) is 29.3 Å². The summed E-state index contributed by atoms with van der Waals surface area (Å²) in [5, 5.41) is 6.21. The van der Waals surface area contributed by atoms with Gasteiger partial charge in [-0.3, -0.25) is 4.79 Å². The van der Waals surface area contributed by atoms with Gasteiger partial charge in [0.2, 0.25) is 5.91 Å². The number of carbonyl (C=O) groups excluding carboxylic acids is 1. The molecule has 0 spiro atoms. The summed E-state index contributed by atoms with van der Waals surface area (Å²) in [6.07, 6.45) is 4.81. The van der Waals surface area contributed by atoms with Crippen LogP contribution in [0.25, 0.3) is 0 Å². The van der Waals surface area contributed by atoms with Crippen molar-refractivity contribution in [1.82, 2.24) is 10.6 Å². The molecule has 21 heavy (non-hydrogen) atoms. The average Bonchev–Trinajstić information content (AvgIpc) is 2.92. The zero-order valence-corrected chi connectivity index (χ0v) is 14.2. The minimum absolute atomic E-state index is 0. The van der Waals surface area contributed by atoms with Crippen LogP contribution < -0.4 is 10.6 Å². The Morgan fingerprint density at radius 2 is 2.00 bits per heavy atom. The van der Waals surface area contributed by atoms with Crippen LogP contribution in [-0.4, -0.2) is 31.3 Å². The third-order valence-corrected chi connectivity index (χ3v) is 4.48. The lowest BCUT2D eigenvalue weighted by Gasteiger charge is -2.07. The zero-order valence-electron chi connectivity index (χ0n) is 12.6. The van der Waals surface area contributed by atoms with Crippen LogP contribution in [0.4, 0.5) is 0 Å². The van der Waals surface area contributed by atoms with E-state index in [0.717, 1.165) is 19.5 Å². The smallest absolute Gasteiger partial charge is 0.230 e. The van der Waals surface area contributed by atoms with Gasteiger partial charge >= 0.3 is 0 Å². The first kappa shape index (κ1) is 18.3. The van der Waals surface area contributed by atoms with Gasteiger partial charge in [-0.05, 0) is 55.5 Å². The molecular weight excluding hydrogens is 304 g/mol. The summed E-state index contributed by atoms with van der Waals surface area (Å²) in [7, 11) is 0. The first-order valence-corrected chi connectivity index (χ1v) is 8.50. The van der Waals surface area contributed by atoms with Gasteiger partial charge in [0.25, 0.3) is 0 Å². The Balaban J connectivity index is 0.00000220. The number of hydrogen-bond donors (Lipinski definition) is 2. The minimum atomic E-state index is 0. The van der Waals surface area contributed by atoms with Gasteiger partial charge in [-0.25, -0.2) is 0 Å². The molecule has 1 aromatic rings. The Morgan fingerprint density at radius 3 is 2.81 bits per heavy atom. The molecule has 0 radical (unpaired) electrons. The molecule has 1 amide bonds. The van der Waals surface area contributed by atoms with Crippen molar-refractivity contribution in [3.63, 3.8) is 0 Å². The van der Waals surface area contributed by atoms with Gasteiger partial charge in [0, 0.05) is 18.0 Å². The van der Waals surface area contributed by atoms with Gasteiger partial charge in [-0.1, -0.05) is 13.0 Å². The van der Waals surface area contributed by atoms with E-state index in [-0.39, 0.29) is 18.3 Å². The minimum Gasteiger partial charge on any atom is -0.354 e. The highest BCUT2D eigenvalue weighted by molar-refractivity contribution is 8.00. The van der Waals surface area contributed by atoms with E-state index in [0.29, 0.717) is 12.3 Å². The number of halogens is 1. The standard InChI is InChI=1S/C16H24N2OS.ClH/c1-2-8-17-9-10-18-16(19)12-20-15-7-6-13-4-3-5-14(13)11-15;/h6-7,11,17H,2-5,8-10,12H2,1H3,(H,18,19);1H. The van der Waals surface area contributed by atoms with E-state index in [4.69, 9.17) is 0 Å². The molecule has 0 fully saturated rings. The fourth-order valence-corrected chi connectivity index (χ4v) is 3.22. The highest BCUT2D eigenvalue weighted by atomic mass is 35.5. The van der Waals surface area contributed by atoms with Crippen molar-refractivity contribution in [2.75, 3.05) is 25.4 Å². The number of benzene rings is 1. The normalized spacial score (nSPS) is 12.6. The Kier molecular flexibility index (Phi) is 8.81. The maximum Gasteiger partial charge on any atom is 0.230 e. The molecule has 118 valence electrons. The fraction of sp³-hybridized carbons (Fsp3) is 0.562. The summed E-state index contributed by atoms with van der Waals surface area (Å²) < 4.78 is 0. The Morgan fingerprint density at radius 1 is 1.19 bits per heavy atom. The number of thioether (sulfide) groups is 1. The van der Waals surface area contributed by atoms with E-state index in [1.54, 1.807) is 11.8 Å². The summed E-state index contributed by atoms with van der Waals surface area (Å²) in [6.45, 7) is 4.71. The van der Waals surface area contributed by atoms with Gasteiger partial charge in [-0.2, -0.15) is 0 Å². The second-order valence-corrected chi connectivity index (χ2v) is 6.22. The van der Waals surface area contributed by atoms with Gasteiger partial charge in [0.1, 0.15) is 0 Å². The highest BCUT2D eigenvalue weighted by Crippen LogP contribution is 2.27. The molecule has 0 bridgehead atoms. The van der Waals surface area contributed by atoms with E-state index in [1.165, 1.54) is 35.3 Å². The molecule has 0 aliphatic heterocycles. The van der Waals surface area contributed by atoms with Gasteiger partial charge in [0.05, 0.1) is 5.75 Å². The molecule has 0 aromatic heterocycles. The molecule has 0 atom stereocenters. The van der Waals surface area contributed by atoms with Gasteiger partial charge in [0.15, 0.2) is 0 Å². The number of hydrogen-bond acceptors (Lipinski definition) is 3. The number of nitrogens with one attached hydrogen (secondary N) is 2. The Hall–Kier alpha value is -0.710. The Bertz CT molecular complexity index is 454. The molecule has 0 saturated carbocycles. The van der Waals surface area contributed by atoms with Crippen LogP contribution in [0.3, 0.4) is 0 Å². The predicted octanol–water partition coefficient (Wildman–Crippen LogP) is 2.81. The van der Waals surface area contributed by atoms with Crippen molar-refractivity contribution < 1.29 is 4.79 Å². The number of aryl methyl sites for hydroxylation is 2. The van der Waals surface area contributed by atoms with Crippen molar-refractivity contribution in [1.29, 1.82) is 0 Å². The average molecular weight is 329 g/mol. The van der Waals surface area contributed by atoms with Crippen molar-refractivity contribution >= 4 is 30.1 Å². The van der Waals surface area contributed by atoms with Crippen molar-refractivity contribution in [2.24, 2.45) is 0 Å². The zero-order chi connectivity index (χ0) is 14.2. The predicted molar refractivity (Wildman–Crippen MR) is 92.6 cm³/mol. The second-order valence-electron chi connectivity index (χ2n) is 5.17. The molecule has 1 aliphatic carbocycles. The third-order valence-electron chi connectivity index (χ3n) is 3.49. The SMILES string of the molecule is CCCNCCNC(=O)CSc1ccc2c(c1)CCC2.Cl. The number of fused-ring (bicyclic) bond motifs is 1. The molecule has 5 heteroatoms. The van der Waals surface area contributed by atoms with Crippen molar-refractivity contribution in [2.45, 2.75) is 37.5 Å². The van der Waals surface area contributed by atoms with Crippen LogP contribution in [0.15, 0.2) is 23.1 Å². The lowest BCUT2D eigenvalue weighted by atomic mass is 10.1. The lowest BCUT2D eigenvalue weighted by Crippen LogP contribution is -2.33.